The maximum absolute atomic E-state index is 14.3. The molecule has 0 unspecified atom stereocenters. The van der Waals surface area contributed by atoms with Crippen LogP contribution in [0.5, 0.6) is 0 Å². The van der Waals surface area contributed by atoms with E-state index < -0.39 is 83.7 Å². The molecule has 0 bridgehead atoms. The van der Waals surface area contributed by atoms with Crippen LogP contribution < -0.4 is 66.7 Å². The minimum Gasteiger partial charge on any atom is -0.480 e. The standard InChI is InChI=1S/C44H76N16O8/c1-3-5-16-29(55-35(61)28(45)26-27-14-8-7-9-15-27)36(62)57-31(18-10-22-52-42(46)47)37(63)56-30(17-6-4-2)38(64)58-32(19-11-23-53-43(48)49)40(66)60-25-13-21-34(60)39(65)59-33(41(67)68)20-12-24-54-44(50)51/h7-9,14-15,28-34H,3-6,10-13,16-26,45H2,1-2H3,(H,55,61)(H,56,63)(H,57,62)(H,58,64)(H,59,65)(H,67,68)(H4,46,47,52)(H4,48,49,53)(H4,50,51,54)/t28-,29-,30-,31-,32-,33-,34-/m0/s1. The zero-order valence-electron chi connectivity index (χ0n) is 39.5. The van der Waals surface area contributed by atoms with E-state index in [2.05, 4.69) is 41.6 Å². The van der Waals surface area contributed by atoms with Crippen LogP contribution in [0.1, 0.15) is 109 Å². The highest BCUT2D eigenvalue weighted by Gasteiger charge is 2.40. The Balaban J connectivity index is 2.37. The van der Waals surface area contributed by atoms with Crippen LogP contribution in [0.2, 0.25) is 0 Å². The van der Waals surface area contributed by atoms with E-state index in [1.165, 1.54) is 4.90 Å². The number of carbonyl (C=O) groups is 7. The first-order chi connectivity index (χ1) is 32.4. The summed E-state index contributed by atoms with van der Waals surface area (Å²) in [5, 5.41) is 23.4. The van der Waals surface area contributed by atoms with E-state index in [0.717, 1.165) is 5.56 Å². The second-order valence-electron chi connectivity index (χ2n) is 16.8. The molecule has 1 aromatic rings. The van der Waals surface area contributed by atoms with Gasteiger partial charge in [0.15, 0.2) is 17.9 Å². The summed E-state index contributed by atoms with van der Waals surface area (Å²) in [6.45, 7) is 4.36. The maximum Gasteiger partial charge on any atom is 0.326 e. The minimum absolute atomic E-state index is 0.0214. The lowest BCUT2D eigenvalue weighted by Gasteiger charge is -2.31. The topological polar surface area (TPSA) is 422 Å². The molecule has 0 spiro atoms. The third kappa shape index (κ3) is 21.7. The Hall–Kier alpha value is -6.72. The van der Waals surface area contributed by atoms with E-state index in [1.807, 2.05) is 44.2 Å². The number of hydrogen-bond donors (Lipinski definition) is 13. The molecule has 1 fully saturated rings. The Morgan fingerprint density at radius 1 is 0.603 bits per heavy atom. The number of carboxylic acids is 1. The van der Waals surface area contributed by atoms with Gasteiger partial charge in [-0.05, 0) is 76.2 Å². The van der Waals surface area contributed by atoms with Gasteiger partial charge in [0.2, 0.25) is 35.4 Å². The third-order valence-corrected chi connectivity index (χ3v) is 11.1. The number of nitrogens with one attached hydrogen (secondary N) is 5. The van der Waals surface area contributed by atoms with Crippen LogP contribution >= 0.6 is 0 Å². The highest BCUT2D eigenvalue weighted by Crippen LogP contribution is 2.21. The molecule has 6 amide bonds. The monoisotopic (exact) mass is 957 g/mol. The molecule has 24 nitrogen and oxygen atoms in total. The number of rotatable bonds is 32. The van der Waals surface area contributed by atoms with Gasteiger partial charge in [-0.15, -0.1) is 0 Å². The second-order valence-corrected chi connectivity index (χ2v) is 16.8. The Morgan fingerprint density at radius 2 is 1.01 bits per heavy atom. The lowest BCUT2D eigenvalue weighted by Crippen LogP contribution is -2.59. The summed E-state index contributed by atoms with van der Waals surface area (Å²) in [5.41, 5.74) is 39.9. The summed E-state index contributed by atoms with van der Waals surface area (Å²) < 4.78 is 0. The smallest absolute Gasteiger partial charge is 0.326 e. The number of aliphatic imine (C=N–C) groups is 3. The van der Waals surface area contributed by atoms with Crippen LogP contribution in [0.15, 0.2) is 45.3 Å². The fourth-order valence-corrected chi connectivity index (χ4v) is 7.48. The van der Waals surface area contributed by atoms with Gasteiger partial charge in [0.1, 0.15) is 36.3 Å². The van der Waals surface area contributed by atoms with Gasteiger partial charge in [-0.2, -0.15) is 0 Å². The molecule has 0 aromatic heterocycles. The SMILES string of the molecule is CCCC[C@H](NC(=O)[C@H](CCCN=C(N)N)NC(=O)[C@H](CCCC)NC(=O)[C@@H](N)Cc1ccccc1)C(=O)N[C@@H](CCCN=C(N)N)C(=O)N1CCC[C@H]1C(=O)N[C@@H](CCCN=C(N)N)C(=O)O. The second kappa shape index (κ2) is 31.3. The van der Waals surface area contributed by atoms with Gasteiger partial charge in [-0.1, -0.05) is 69.9 Å². The molecule has 68 heavy (non-hydrogen) atoms. The molecule has 2 rings (SSSR count). The van der Waals surface area contributed by atoms with Crippen molar-refractivity contribution >= 4 is 59.3 Å². The summed E-state index contributed by atoms with van der Waals surface area (Å²) in [5.74, 6) is -5.63. The number of amides is 6. The first-order valence-corrected chi connectivity index (χ1v) is 23.4. The summed E-state index contributed by atoms with van der Waals surface area (Å²) in [6, 6.07) is 1.26. The first-order valence-electron chi connectivity index (χ1n) is 23.4. The van der Waals surface area contributed by atoms with E-state index in [-0.39, 0.29) is 108 Å². The third-order valence-electron chi connectivity index (χ3n) is 11.1. The van der Waals surface area contributed by atoms with Gasteiger partial charge in [0, 0.05) is 26.2 Å². The molecule has 1 saturated heterocycles. The number of nitrogens with zero attached hydrogens (tertiary/aromatic N) is 4. The molecule has 1 aliphatic rings. The number of guanidine groups is 3. The van der Waals surface area contributed by atoms with Crippen LogP contribution in [0.25, 0.3) is 0 Å². The quantitative estimate of drug-likeness (QED) is 0.0203. The average molecular weight is 957 g/mol. The van der Waals surface area contributed by atoms with Crippen LogP contribution in [0.4, 0.5) is 0 Å². The number of unbranched alkanes of at least 4 members (excludes halogenated alkanes) is 2. The molecule has 0 saturated carbocycles. The van der Waals surface area contributed by atoms with Crippen molar-refractivity contribution in [3.63, 3.8) is 0 Å². The Bertz CT molecular complexity index is 1870. The van der Waals surface area contributed by atoms with Crippen LogP contribution in [0, 0.1) is 0 Å². The molecule has 1 heterocycles. The largest absolute Gasteiger partial charge is 0.480 e. The van der Waals surface area contributed by atoms with Crippen LogP contribution in [-0.4, -0.2) is 138 Å². The highest BCUT2D eigenvalue weighted by atomic mass is 16.4. The minimum atomic E-state index is -1.28. The van der Waals surface area contributed by atoms with Crippen molar-refractivity contribution in [3.8, 4) is 0 Å². The highest BCUT2D eigenvalue weighted by molar-refractivity contribution is 5.97. The van der Waals surface area contributed by atoms with Gasteiger partial charge in [0.05, 0.1) is 6.04 Å². The summed E-state index contributed by atoms with van der Waals surface area (Å²) in [4.78, 5) is 109. The van der Waals surface area contributed by atoms with Gasteiger partial charge >= 0.3 is 5.97 Å². The van der Waals surface area contributed by atoms with E-state index in [1.54, 1.807) is 0 Å². The summed E-state index contributed by atoms with van der Waals surface area (Å²) >= 11 is 0. The van der Waals surface area contributed by atoms with Crippen molar-refractivity contribution in [3.05, 3.63) is 35.9 Å². The molecule has 380 valence electrons. The van der Waals surface area contributed by atoms with Crippen molar-refractivity contribution < 1.29 is 38.7 Å². The van der Waals surface area contributed by atoms with E-state index in [0.29, 0.717) is 32.1 Å². The average Bonchev–Trinajstić information content (AvgIpc) is 3.79. The number of hydrogen-bond acceptors (Lipinski definition) is 11. The van der Waals surface area contributed by atoms with Crippen molar-refractivity contribution in [1.29, 1.82) is 0 Å². The Labute approximate surface area is 398 Å². The fourth-order valence-electron chi connectivity index (χ4n) is 7.48. The Morgan fingerprint density at radius 3 is 1.46 bits per heavy atom. The summed E-state index contributed by atoms with van der Waals surface area (Å²) in [7, 11) is 0. The number of benzene rings is 1. The predicted molar refractivity (Wildman–Crippen MR) is 259 cm³/mol. The zero-order valence-corrected chi connectivity index (χ0v) is 39.5. The molecule has 0 aliphatic carbocycles. The van der Waals surface area contributed by atoms with Crippen molar-refractivity contribution in [2.75, 3.05) is 26.2 Å². The number of nitrogens with two attached hydrogens (primary N) is 7. The van der Waals surface area contributed by atoms with Gasteiger partial charge < -0.3 is 76.7 Å². The Kier molecular flexibility index (Phi) is 26.4. The van der Waals surface area contributed by atoms with E-state index in [9.17, 15) is 38.7 Å². The molecular weight excluding hydrogens is 881 g/mol. The van der Waals surface area contributed by atoms with Crippen molar-refractivity contribution in [2.24, 2.45) is 55.1 Å². The maximum atomic E-state index is 14.3. The molecule has 1 aromatic carbocycles. The van der Waals surface area contributed by atoms with Crippen LogP contribution in [-0.2, 0) is 40.0 Å². The van der Waals surface area contributed by atoms with Gasteiger partial charge in [0.25, 0.3) is 0 Å². The van der Waals surface area contributed by atoms with Gasteiger partial charge in [-0.25, -0.2) is 4.79 Å². The first kappa shape index (κ1) is 57.4. The van der Waals surface area contributed by atoms with Crippen molar-refractivity contribution in [2.45, 2.75) is 152 Å². The van der Waals surface area contributed by atoms with E-state index >= 15 is 0 Å². The number of carbonyl (C=O) groups excluding carboxylic acids is 6. The predicted octanol–water partition coefficient (Wildman–Crippen LogP) is -2.40. The molecule has 20 N–H and O–H groups in total. The number of carboxylic acid groups (broad SMARTS) is 1. The lowest BCUT2D eigenvalue weighted by atomic mass is 10.0. The zero-order chi connectivity index (χ0) is 50.6. The van der Waals surface area contributed by atoms with Gasteiger partial charge in [-0.3, -0.25) is 43.7 Å². The lowest BCUT2D eigenvalue weighted by molar-refractivity contribution is -0.145. The number of likely N-dealkylation sites (tertiary alicyclic amines) is 1. The van der Waals surface area contributed by atoms with Crippen molar-refractivity contribution in [1.82, 2.24) is 31.5 Å². The summed E-state index contributed by atoms with van der Waals surface area (Å²) in [6.07, 6.45) is 4.57. The molecular formula is C44H76N16O8. The van der Waals surface area contributed by atoms with E-state index in [4.69, 9.17) is 40.1 Å². The molecule has 24 heteroatoms. The normalized spacial score (nSPS) is 15.8. The fraction of sp³-hybridized carbons (Fsp3) is 0.636. The molecule has 1 aliphatic heterocycles. The molecule has 7 atom stereocenters. The molecule has 0 radical (unpaired) electrons. The van der Waals surface area contributed by atoms with Crippen LogP contribution in [0.3, 0.4) is 0 Å². The number of aliphatic carboxylic acids is 1.